The van der Waals surface area contributed by atoms with E-state index in [1.54, 1.807) is 0 Å². The van der Waals surface area contributed by atoms with Gasteiger partial charge >= 0.3 is 11.9 Å². The van der Waals surface area contributed by atoms with Crippen molar-refractivity contribution in [1.29, 1.82) is 0 Å². The highest BCUT2D eigenvalue weighted by molar-refractivity contribution is 5.70. The van der Waals surface area contributed by atoms with E-state index in [0.29, 0.717) is 6.42 Å². The molecule has 0 aromatic carbocycles. The van der Waals surface area contributed by atoms with Crippen molar-refractivity contribution in [2.75, 3.05) is 19.8 Å². The van der Waals surface area contributed by atoms with Crippen LogP contribution in [0.4, 0.5) is 0 Å². The van der Waals surface area contributed by atoms with Gasteiger partial charge in [-0.3, -0.25) is 9.59 Å². The second-order valence-electron chi connectivity index (χ2n) is 19.7. The average Bonchev–Trinajstić information content (AvgIpc) is 3.33. The fourth-order valence-corrected chi connectivity index (χ4v) is 8.86. The average molecular weight is 951 g/mol. The van der Waals surface area contributed by atoms with Crippen LogP contribution in [0.3, 0.4) is 0 Å². The molecule has 0 aliphatic carbocycles. The van der Waals surface area contributed by atoms with Crippen molar-refractivity contribution >= 4 is 11.9 Å². The van der Waals surface area contributed by atoms with Gasteiger partial charge in [0.2, 0.25) is 0 Å². The van der Waals surface area contributed by atoms with Gasteiger partial charge in [-0.2, -0.15) is 0 Å². The minimum absolute atomic E-state index is 0.174. The van der Waals surface area contributed by atoms with Crippen LogP contribution >= 0.6 is 0 Å². The summed E-state index contributed by atoms with van der Waals surface area (Å²) in [4.78, 5) is 25.5. The van der Waals surface area contributed by atoms with E-state index in [0.717, 1.165) is 44.9 Å². The zero-order valence-corrected chi connectivity index (χ0v) is 43.4. The first-order valence-electron chi connectivity index (χ1n) is 28.4. The van der Waals surface area contributed by atoms with Crippen LogP contribution in [0.1, 0.15) is 271 Å². The van der Waals surface area contributed by atoms with Crippen molar-refractivity contribution in [1.82, 2.24) is 0 Å². The Morgan fingerprint density at radius 2 is 0.821 bits per heavy atom. The molecule has 0 radical (unpaired) electrons. The first-order valence-corrected chi connectivity index (χ1v) is 28.4. The van der Waals surface area contributed by atoms with Crippen LogP contribution in [0.5, 0.6) is 0 Å². The predicted octanol–water partition coefficient (Wildman–Crippen LogP) is 14.0. The maximum atomic E-state index is 12.8. The number of aliphatic hydroxyl groups excluding tert-OH is 4. The standard InChI is InChI=1S/C57H106O10/c1-3-5-7-9-11-13-15-17-19-21-23-24-25-26-28-30-32-34-36-38-40-42-44-46-53(60)66-50(49-65-57-56(63)55(62)54(61)51(47-58)67-57)48-64-52(59)45-43-41-39-37-35-33-31-29-27-22-20-18-16-14-12-10-8-6-4-2/h30,32,38,40,50-51,54-58,61-63H,3-29,31,33-37,39,41-49H2,1-2H3/b32-30+,40-38+/t50-,51-,54+,55?,56?,57-/m1/s1. The Morgan fingerprint density at radius 1 is 0.448 bits per heavy atom. The third kappa shape index (κ3) is 38.6. The number of hydrogen-bond donors (Lipinski definition) is 4. The summed E-state index contributed by atoms with van der Waals surface area (Å²) in [5, 5.41) is 40.3. The topological polar surface area (TPSA) is 152 Å². The summed E-state index contributed by atoms with van der Waals surface area (Å²) < 4.78 is 22.3. The van der Waals surface area contributed by atoms with E-state index >= 15 is 0 Å². The molecule has 394 valence electrons. The number of carbonyl (C=O) groups is 2. The van der Waals surface area contributed by atoms with E-state index < -0.39 is 49.4 Å². The molecule has 1 aliphatic rings. The normalized spacial score (nSPS) is 19.2. The summed E-state index contributed by atoms with van der Waals surface area (Å²) in [7, 11) is 0. The summed E-state index contributed by atoms with van der Waals surface area (Å²) in [6, 6.07) is 0. The second kappa shape index (κ2) is 47.8. The summed E-state index contributed by atoms with van der Waals surface area (Å²) in [6.45, 7) is 3.45. The van der Waals surface area contributed by atoms with E-state index in [9.17, 15) is 30.0 Å². The van der Waals surface area contributed by atoms with Crippen LogP contribution in [-0.2, 0) is 28.5 Å². The molecular formula is C57H106O10. The lowest BCUT2D eigenvalue weighted by Gasteiger charge is -2.39. The molecule has 2 unspecified atom stereocenters. The van der Waals surface area contributed by atoms with Crippen molar-refractivity contribution in [2.24, 2.45) is 0 Å². The highest BCUT2D eigenvalue weighted by atomic mass is 16.7. The number of rotatable bonds is 49. The van der Waals surface area contributed by atoms with Crippen molar-refractivity contribution in [2.45, 2.75) is 307 Å². The van der Waals surface area contributed by atoms with Crippen LogP contribution < -0.4 is 0 Å². The Kier molecular flexibility index (Phi) is 45.1. The van der Waals surface area contributed by atoms with Crippen LogP contribution in [0.25, 0.3) is 0 Å². The molecule has 1 rings (SSSR count). The molecule has 10 heteroatoms. The number of carbonyl (C=O) groups excluding carboxylic acids is 2. The minimum Gasteiger partial charge on any atom is -0.462 e. The summed E-state index contributed by atoms with van der Waals surface area (Å²) in [6.07, 6.45) is 49.2. The lowest BCUT2D eigenvalue weighted by molar-refractivity contribution is -0.305. The lowest BCUT2D eigenvalue weighted by Crippen LogP contribution is -2.59. The molecule has 0 aromatic heterocycles. The maximum Gasteiger partial charge on any atom is 0.306 e. The zero-order valence-electron chi connectivity index (χ0n) is 43.4. The third-order valence-electron chi connectivity index (χ3n) is 13.3. The number of esters is 2. The Morgan fingerprint density at radius 3 is 1.25 bits per heavy atom. The van der Waals surface area contributed by atoms with Gasteiger partial charge in [-0.25, -0.2) is 0 Å². The molecule has 4 N–H and O–H groups in total. The summed E-state index contributed by atoms with van der Waals surface area (Å²) >= 11 is 0. The SMILES string of the molecule is CCCCCCCCCCCCCCCC/C=C/CC/C=C/CCCC(=O)O[C@H](COC(=O)CCCCCCCCCCCCCCCCCCCCC)CO[C@@H]1O[C@H](CO)[C@H](O)C(O)C1O. The number of ether oxygens (including phenoxy) is 4. The van der Waals surface area contributed by atoms with E-state index in [1.165, 1.54) is 193 Å². The molecule has 0 amide bonds. The molecule has 10 nitrogen and oxygen atoms in total. The molecule has 1 fully saturated rings. The molecular weight excluding hydrogens is 845 g/mol. The van der Waals surface area contributed by atoms with Gasteiger partial charge in [0.1, 0.15) is 31.0 Å². The Hall–Kier alpha value is -1.82. The number of aliphatic hydroxyl groups is 4. The largest absolute Gasteiger partial charge is 0.462 e. The van der Waals surface area contributed by atoms with Crippen LogP contribution in [0.15, 0.2) is 24.3 Å². The Bertz CT molecular complexity index is 1140. The summed E-state index contributed by atoms with van der Waals surface area (Å²) in [5.41, 5.74) is 0. The van der Waals surface area contributed by atoms with Gasteiger partial charge in [0.25, 0.3) is 0 Å². The fraction of sp³-hybridized carbons (Fsp3) is 0.895. The minimum atomic E-state index is -1.60. The molecule has 0 aromatic rings. The van der Waals surface area contributed by atoms with Crippen molar-refractivity contribution in [3.05, 3.63) is 24.3 Å². The van der Waals surface area contributed by atoms with E-state index in [-0.39, 0.29) is 32.0 Å². The van der Waals surface area contributed by atoms with Crippen molar-refractivity contribution in [3.63, 3.8) is 0 Å². The fourth-order valence-electron chi connectivity index (χ4n) is 8.86. The molecule has 1 aliphatic heterocycles. The first kappa shape index (κ1) is 63.2. The van der Waals surface area contributed by atoms with Crippen molar-refractivity contribution < 1.29 is 49.0 Å². The molecule has 0 bridgehead atoms. The molecule has 0 saturated carbocycles. The van der Waals surface area contributed by atoms with Gasteiger partial charge in [0.05, 0.1) is 13.2 Å². The highest BCUT2D eigenvalue weighted by Crippen LogP contribution is 2.23. The summed E-state index contributed by atoms with van der Waals surface area (Å²) in [5.74, 6) is -0.840. The Labute approximate surface area is 411 Å². The van der Waals surface area contributed by atoms with Gasteiger partial charge in [-0.15, -0.1) is 0 Å². The predicted molar refractivity (Wildman–Crippen MR) is 275 cm³/mol. The second-order valence-corrected chi connectivity index (χ2v) is 19.7. The molecule has 1 saturated heterocycles. The Balaban J connectivity index is 2.23. The maximum absolute atomic E-state index is 12.8. The zero-order chi connectivity index (χ0) is 48.7. The number of allylic oxidation sites excluding steroid dienone is 4. The van der Waals surface area contributed by atoms with Gasteiger partial charge < -0.3 is 39.4 Å². The quantitative estimate of drug-likeness (QED) is 0.0263. The smallest absolute Gasteiger partial charge is 0.306 e. The number of hydrogen-bond acceptors (Lipinski definition) is 10. The van der Waals surface area contributed by atoms with Gasteiger partial charge in [-0.1, -0.05) is 237 Å². The van der Waals surface area contributed by atoms with Crippen LogP contribution in [-0.4, -0.2) is 89.0 Å². The van der Waals surface area contributed by atoms with Gasteiger partial charge in [-0.05, 0) is 44.9 Å². The first-order chi connectivity index (χ1) is 32.8. The third-order valence-corrected chi connectivity index (χ3v) is 13.3. The van der Waals surface area contributed by atoms with E-state index in [2.05, 4.69) is 38.2 Å². The number of unbranched alkanes of at least 4 members (excludes halogenated alkanes) is 34. The molecule has 1 heterocycles. The van der Waals surface area contributed by atoms with E-state index in [4.69, 9.17) is 18.9 Å². The monoisotopic (exact) mass is 951 g/mol. The van der Waals surface area contributed by atoms with E-state index in [1.807, 2.05) is 0 Å². The van der Waals surface area contributed by atoms with Crippen LogP contribution in [0.2, 0.25) is 0 Å². The molecule has 0 spiro atoms. The van der Waals surface area contributed by atoms with Gasteiger partial charge in [0.15, 0.2) is 12.4 Å². The van der Waals surface area contributed by atoms with Crippen LogP contribution in [0, 0.1) is 0 Å². The molecule has 6 atom stereocenters. The molecule has 67 heavy (non-hydrogen) atoms. The van der Waals surface area contributed by atoms with Gasteiger partial charge in [0, 0.05) is 12.8 Å². The lowest BCUT2D eigenvalue weighted by atomic mass is 9.99. The van der Waals surface area contributed by atoms with Crippen molar-refractivity contribution in [3.8, 4) is 0 Å². The highest BCUT2D eigenvalue weighted by Gasteiger charge is 2.44.